The number of esters is 1. The van der Waals surface area contributed by atoms with E-state index in [1.807, 2.05) is 4.90 Å². The van der Waals surface area contributed by atoms with Crippen LogP contribution in [0.2, 0.25) is 5.02 Å². The van der Waals surface area contributed by atoms with Gasteiger partial charge in [-0.3, -0.25) is 14.6 Å². The van der Waals surface area contributed by atoms with E-state index < -0.39 is 0 Å². The Hall–Kier alpha value is -1.62. The fraction of sp³-hybridized carbons (Fsp3) is 0.500. The number of pyridine rings is 1. The summed E-state index contributed by atoms with van der Waals surface area (Å²) >= 11 is 5.99. The first-order valence-electron chi connectivity index (χ1n) is 6.67. The van der Waals surface area contributed by atoms with E-state index in [0.717, 1.165) is 25.7 Å². The molecule has 1 aromatic rings. The monoisotopic (exact) mass is 296 g/mol. The van der Waals surface area contributed by atoms with Gasteiger partial charge in [-0.15, -0.1) is 0 Å². The van der Waals surface area contributed by atoms with E-state index in [9.17, 15) is 9.59 Å². The maximum atomic E-state index is 11.8. The summed E-state index contributed by atoms with van der Waals surface area (Å²) < 4.78 is 5.07. The number of hydrogen-bond donors (Lipinski definition) is 0. The summed E-state index contributed by atoms with van der Waals surface area (Å²) in [5.74, 6) is -0.345. The Kier molecular flexibility index (Phi) is 4.95. The summed E-state index contributed by atoms with van der Waals surface area (Å²) in [5.41, 5.74) is 1.10. The maximum Gasteiger partial charge on any atom is 0.310 e. The number of rotatable bonds is 4. The van der Waals surface area contributed by atoms with Crippen molar-refractivity contribution >= 4 is 29.5 Å². The zero-order chi connectivity index (χ0) is 14.5. The smallest absolute Gasteiger partial charge is 0.310 e. The predicted octanol–water partition coefficient (Wildman–Crippen LogP) is 2.33. The SMILES string of the molecule is CCOC(=O)C1CCCN(c2cncc(Cl)c2C=O)C1. The van der Waals surface area contributed by atoms with Crippen molar-refractivity contribution in [3.05, 3.63) is 23.0 Å². The van der Waals surface area contributed by atoms with Crippen molar-refractivity contribution in [3.63, 3.8) is 0 Å². The molecule has 2 rings (SSSR count). The molecule has 1 aromatic heterocycles. The van der Waals surface area contributed by atoms with Gasteiger partial charge < -0.3 is 9.64 Å². The van der Waals surface area contributed by atoms with Crippen LogP contribution in [0.5, 0.6) is 0 Å². The first kappa shape index (κ1) is 14.8. The van der Waals surface area contributed by atoms with Gasteiger partial charge in [-0.25, -0.2) is 0 Å². The lowest BCUT2D eigenvalue weighted by molar-refractivity contribution is -0.148. The molecule has 1 aliphatic rings. The number of piperidine rings is 1. The number of halogens is 1. The van der Waals surface area contributed by atoms with Crippen molar-refractivity contribution in [3.8, 4) is 0 Å². The second-order valence-electron chi connectivity index (χ2n) is 4.71. The van der Waals surface area contributed by atoms with Crippen LogP contribution in [-0.4, -0.2) is 36.9 Å². The average Bonchev–Trinajstić information content (AvgIpc) is 2.47. The molecular weight excluding hydrogens is 280 g/mol. The number of carbonyl (C=O) groups excluding carboxylic acids is 2. The molecule has 0 N–H and O–H groups in total. The molecule has 1 fully saturated rings. The summed E-state index contributed by atoms with van der Waals surface area (Å²) in [5, 5.41) is 0.329. The first-order chi connectivity index (χ1) is 9.67. The van der Waals surface area contributed by atoms with Crippen molar-refractivity contribution in [1.29, 1.82) is 0 Å². The van der Waals surface area contributed by atoms with Crippen molar-refractivity contribution in [2.24, 2.45) is 5.92 Å². The molecule has 0 spiro atoms. The number of hydrogen-bond acceptors (Lipinski definition) is 5. The molecule has 1 unspecified atom stereocenters. The standard InChI is InChI=1S/C14H17ClN2O3/c1-2-20-14(19)10-4-3-5-17(8-10)13-7-16-6-12(15)11(13)9-18/h6-7,9-10H,2-5,8H2,1H3. The second-order valence-corrected chi connectivity index (χ2v) is 5.12. The quantitative estimate of drug-likeness (QED) is 0.630. The van der Waals surface area contributed by atoms with Crippen molar-refractivity contribution in [1.82, 2.24) is 4.98 Å². The Morgan fingerprint density at radius 3 is 3.10 bits per heavy atom. The fourth-order valence-corrected chi connectivity index (χ4v) is 2.65. The van der Waals surface area contributed by atoms with Crippen LogP contribution in [0.25, 0.3) is 0 Å². The van der Waals surface area contributed by atoms with Gasteiger partial charge in [-0.05, 0) is 19.8 Å². The summed E-state index contributed by atoms with van der Waals surface area (Å²) in [6.45, 7) is 3.48. The van der Waals surface area contributed by atoms with E-state index >= 15 is 0 Å². The van der Waals surface area contributed by atoms with Gasteiger partial charge in [0.2, 0.25) is 0 Å². The Bertz CT molecular complexity index is 507. The first-order valence-corrected chi connectivity index (χ1v) is 7.05. The molecule has 5 nitrogen and oxygen atoms in total. The van der Waals surface area contributed by atoms with E-state index in [4.69, 9.17) is 16.3 Å². The molecule has 0 bridgehead atoms. The van der Waals surface area contributed by atoms with E-state index in [1.165, 1.54) is 6.20 Å². The molecule has 6 heteroatoms. The van der Waals surface area contributed by atoms with E-state index in [1.54, 1.807) is 13.1 Å². The summed E-state index contributed by atoms with van der Waals surface area (Å²) in [6.07, 6.45) is 5.46. The van der Waals surface area contributed by atoms with Crippen LogP contribution in [0.1, 0.15) is 30.1 Å². The molecule has 0 aromatic carbocycles. The van der Waals surface area contributed by atoms with Gasteiger partial charge >= 0.3 is 5.97 Å². The number of aromatic nitrogens is 1. The normalized spacial score (nSPS) is 18.7. The zero-order valence-corrected chi connectivity index (χ0v) is 12.1. The van der Waals surface area contributed by atoms with E-state index in [2.05, 4.69) is 4.98 Å². The lowest BCUT2D eigenvalue weighted by Gasteiger charge is -2.33. The third-order valence-corrected chi connectivity index (χ3v) is 3.72. The Labute approximate surface area is 122 Å². The van der Waals surface area contributed by atoms with Crippen LogP contribution in [0.15, 0.2) is 12.4 Å². The van der Waals surface area contributed by atoms with Crippen molar-refractivity contribution in [2.75, 3.05) is 24.6 Å². The topological polar surface area (TPSA) is 59.5 Å². The second kappa shape index (κ2) is 6.70. The number of aldehydes is 1. The van der Waals surface area contributed by atoms with Gasteiger partial charge in [0, 0.05) is 19.3 Å². The lowest BCUT2D eigenvalue weighted by Crippen LogP contribution is -2.40. The molecule has 1 atom stereocenters. The minimum Gasteiger partial charge on any atom is -0.466 e. The third-order valence-electron chi connectivity index (χ3n) is 3.42. The molecule has 20 heavy (non-hydrogen) atoms. The van der Waals surface area contributed by atoms with Gasteiger partial charge in [0.05, 0.1) is 35.0 Å². The van der Waals surface area contributed by atoms with Crippen LogP contribution < -0.4 is 4.90 Å². The highest BCUT2D eigenvalue weighted by Crippen LogP contribution is 2.29. The van der Waals surface area contributed by atoms with Crippen molar-refractivity contribution in [2.45, 2.75) is 19.8 Å². The van der Waals surface area contributed by atoms with E-state index in [-0.39, 0.29) is 11.9 Å². The largest absolute Gasteiger partial charge is 0.466 e. The highest BCUT2D eigenvalue weighted by molar-refractivity contribution is 6.33. The number of ether oxygens (including phenoxy) is 1. The number of nitrogens with zero attached hydrogens (tertiary/aromatic N) is 2. The van der Waals surface area contributed by atoms with Crippen LogP contribution in [0.4, 0.5) is 5.69 Å². The van der Waals surface area contributed by atoms with E-state index in [0.29, 0.717) is 29.4 Å². The van der Waals surface area contributed by atoms with Gasteiger partial charge in [0.1, 0.15) is 0 Å². The Morgan fingerprint density at radius 2 is 2.40 bits per heavy atom. The van der Waals surface area contributed by atoms with Crippen molar-refractivity contribution < 1.29 is 14.3 Å². The molecule has 1 saturated heterocycles. The van der Waals surface area contributed by atoms with Crippen LogP contribution in [0.3, 0.4) is 0 Å². The maximum absolute atomic E-state index is 11.8. The number of anilines is 1. The molecule has 0 saturated carbocycles. The van der Waals surface area contributed by atoms with Gasteiger partial charge in [-0.1, -0.05) is 11.6 Å². The van der Waals surface area contributed by atoms with Crippen LogP contribution in [-0.2, 0) is 9.53 Å². The average molecular weight is 297 g/mol. The molecule has 0 aliphatic carbocycles. The fourth-order valence-electron chi connectivity index (χ4n) is 2.45. The minimum atomic E-state index is -0.181. The zero-order valence-electron chi connectivity index (χ0n) is 11.3. The third kappa shape index (κ3) is 3.10. The van der Waals surface area contributed by atoms with Gasteiger partial charge in [-0.2, -0.15) is 0 Å². The molecule has 108 valence electrons. The molecule has 0 amide bonds. The minimum absolute atomic E-state index is 0.165. The molecule has 0 radical (unpaired) electrons. The molecule has 2 heterocycles. The van der Waals surface area contributed by atoms with Gasteiger partial charge in [0.25, 0.3) is 0 Å². The van der Waals surface area contributed by atoms with Gasteiger partial charge in [0.15, 0.2) is 6.29 Å². The Morgan fingerprint density at radius 1 is 1.60 bits per heavy atom. The molecule has 1 aliphatic heterocycles. The summed E-state index contributed by atoms with van der Waals surface area (Å²) in [7, 11) is 0. The summed E-state index contributed by atoms with van der Waals surface area (Å²) in [6, 6.07) is 0. The highest BCUT2D eigenvalue weighted by atomic mass is 35.5. The highest BCUT2D eigenvalue weighted by Gasteiger charge is 2.28. The summed E-state index contributed by atoms with van der Waals surface area (Å²) in [4.78, 5) is 29.0. The number of carbonyl (C=O) groups is 2. The Balaban J connectivity index is 2.19. The van der Waals surface area contributed by atoms with Crippen LogP contribution >= 0.6 is 11.6 Å². The van der Waals surface area contributed by atoms with Crippen LogP contribution in [0, 0.1) is 5.92 Å². The predicted molar refractivity (Wildman–Crippen MR) is 76.2 cm³/mol. The molecular formula is C14H17ClN2O3. The lowest BCUT2D eigenvalue weighted by atomic mass is 9.97.